The highest BCUT2D eigenvalue weighted by Gasteiger charge is 2.35. The van der Waals surface area contributed by atoms with E-state index in [4.69, 9.17) is 21.1 Å². The molecule has 110 valence electrons. The molecule has 2 aliphatic rings. The lowest BCUT2D eigenvalue weighted by molar-refractivity contribution is 0.206. The lowest BCUT2D eigenvalue weighted by atomic mass is 9.71. The zero-order valence-corrected chi connectivity index (χ0v) is 12.9. The Labute approximate surface area is 126 Å². The number of halogens is 1. The summed E-state index contributed by atoms with van der Waals surface area (Å²) in [5.74, 6) is 1.70. The van der Waals surface area contributed by atoms with Gasteiger partial charge in [0.05, 0.1) is 18.6 Å². The third-order valence-corrected chi connectivity index (χ3v) is 5.45. The minimum absolute atomic E-state index is 0.0555. The summed E-state index contributed by atoms with van der Waals surface area (Å²) >= 11 is 6.81. The van der Waals surface area contributed by atoms with Crippen LogP contribution in [0.15, 0.2) is 18.2 Å². The molecule has 0 saturated heterocycles. The second-order valence-corrected chi connectivity index (χ2v) is 6.77. The highest BCUT2D eigenvalue weighted by molar-refractivity contribution is 6.21. The molecule has 1 aromatic rings. The van der Waals surface area contributed by atoms with Crippen molar-refractivity contribution in [3.63, 3.8) is 0 Å². The first-order valence-electron chi connectivity index (χ1n) is 7.73. The topological polar surface area (TPSA) is 18.5 Å². The van der Waals surface area contributed by atoms with Gasteiger partial charge in [-0.15, -0.1) is 11.6 Å². The van der Waals surface area contributed by atoms with Crippen LogP contribution in [0.1, 0.15) is 56.4 Å². The molecule has 0 radical (unpaired) electrons. The predicted molar refractivity (Wildman–Crippen MR) is 81.8 cm³/mol. The zero-order chi connectivity index (χ0) is 14.0. The summed E-state index contributed by atoms with van der Waals surface area (Å²) in [7, 11) is 0. The van der Waals surface area contributed by atoms with E-state index < -0.39 is 0 Å². The van der Waals surface area contributed by atoms with E-state index in [-0.39, 0.29) is 10.8 Å². The number of rotatable bonds is 2. The Bertz CT molecular complexity index is 466. The lowest BCUT2D eigenvalue weighted by Crippen LogP contribution is -2.25. The number of ether oxygens (including phenoxy) is 2. The van der Waals surface area contributed by atoms with Gasteiger partial charge in [0.2, 0.25) is 0 Å². The SMILES string of the molecule is CC1(C(Cl)c2ccc3c(c2)OCCCO3)CCCCC1. The van der Waals surface area contributed by atoms with E-state index in [1.54, 1.807) is 0 Å². The van der Waals surface area contributed by atoms with Gasteiger partial charge in [0, 0.05) is 6.42 Å². The van der Waals surface area contributed by atoms with Crippen LogP contribution in [-0.4, -0.2) is 13.2 Å². The van der Waals surface area contributed by atoms with Crippen molar-refractivity contribution in [1.82, 2.24) is 0 Å². The van der Waals surface area contributed by atoms with Gasteiger partial charge >= 0.3 is 0 Å². The Morgan fingerprint density at radius 1 is 1.00 bits per heavy atom. The Hall–Kier alpha value is -0.890. The van der Waals surface area contributed by atoms with E-state index in [0.29, 0.717) is 0 Å². The third kappa shape index (κ3) is 2.76. The summed E-state index contributed by atoms with van der Waals surface area (Å²) in [6, 6.07) is 6.20. The average Bonchev–Trinajstić information content (AvgIpc) is 2.71. The van der Waals surface area contributed by atoms with Crippen LogP contribution in [0.25, 0.3) is 0 Å². The fourth-order valence-corrected chi connectivity index (χ4v) is 3.71. The molecule has 3 rings (SSSR count). The maximum atomic E-state index is 6.81. The summed E-state index contributed by atoms with van der Waals surface area (Å²) in [6.45, 7) is 3.78. The first-order valence-corrected chi connectivity index (χ1v) is 8.16. The molecule has 1 aromatic carbocycles. The van der Waals surface area contributed by atoms with E-state index in [2.05, 4.69) is 19.1 Å². The fraction of sp³-hybridized carbons (Fsp3) is 0.647. The monoisotopic (exact) mass is 294 g/mol. The number of benzene rings is 1. The van der Waals surface area contributed by atoms with Crippen LogP contribution in [-0.2, 0) is 0 Å². The van der Waals surface area contributed by atoms with Crippen LogP contribution < -0.4 is 9.47 Å². The molecule has 0 amide bonds. The molecular formula is C17H23ClO2. The van der Waals surface area contributed by atoms with E-state index in [1.807, 2.05) is 6.07 Å². The van der Waals surface area contributed by atoms with Gasteiger partial charge in [-0.3, -0.25) is 0 Å². The molecule has 1 fully saturated rings. The van der Waals surface area contributed by atoms with E-state index in [9.17, 15) is 0 Å². The molecule has 1 aliphatic carbocycles. The maximum absolute atomic E-state index is 6.81. The van der Waals surface area contributed by atoms with Crippen molar-refractivity contribution in [3.05, 3.63) is 23.8 Å². The van der Waals surface area contributed by atoms with Crippen LogP contribution in [0.3, 0.4) is 0 Å². The van der Waals surface area contributed by atoms with Gasteiger partial charge in [-0.2, -0.15) is 0 Å². The third-order valence-electron chi connectivity index (χ3n) is 4.67. The fourth-order valence-electron chi connectivity index (χ4n) is 3.35. The first-order chi connectivity index (χ1) is 9.69. The summed E-state index contributed by atoms with van der Waals surface area (Å²) in [5, 5.41) is 0.0555. The molecule has 1 saturated carbocycles. The van der Waals surface area contributed by atoms with Crippen molar-refractivity contribution in [3.8, 4) is 11.5 Å². The van der Waals surface area contributed by atoms with Crippen LogP contribution in [0, 0.1) is 5.41 Å². The van der Waals surface area contributed by atoms with Gasteiger partial charge in [-0.05, 0) is 36.0 Å². The highest BCUT2D eigenvalue weighted by atomic mass is 35.5. The van der Waals surface area contributed by atoms with Crippen molar-refractivity contribution in [2.24, 2.45) is 5.41 Å². The Morgan fingerprint density at radius 2 is 1.70 bits per heavy atom. The molecule has 2 nitrogen and oxygen atoms in total. The molecule has 0 N–H and O–H groups in total. The van der Waals surface area contributed by atoms with Crippen molar-refractivity contribution in [2.45, 2.75) is 50.8 Å². The van der Waals surface area contributed by atoms with Crippen LogP contribution in [0.5, 0.6) is 11.5 Å². The summed E-state index contributed by atoms with van der Waals surface area (Å²) in [5.41, 5.74) is 1.37. The lowest BCUT2D eigenvalue weighted by Gasteiger charge is -2.38. The van der Waals surface area contributed by atoms with Crippen LogP contribution in [0.2, 0.25) is 0 Å². The minimum Gasteiger partial charge on any atom is -0.490 e. The summed E-state index contributed by atoms with van der Waals surface area (Å²) < 4.78 is 11.5. The smallest absolute Gasteiger partial charge is 0.161 e. The van der Waals surface area contributed by atoms with Crippen molar-refractivity contribution < 1.29 is 9.47 Å². The molecule has 0 spiro atoms. The van der Waals surface area contributed by atoms with Gasteiger partial charge in [0.15, 0.2) is 11.5 Å². The van der Waals surface area contributed by atoms with Gasteiger partial charge < -0.3 is 9.47 Å². The molecule has 3 heteroatoms. The van der Waals surface area contributed by atoms with Crippen molar-refractivity contribution in [1.29, 1.82) is 0 Å². The first kappa shape index (κ1) is 14.1. The van der Waals surface area contributed by atoms with Gasteiger partial charge in [-0.25, -0.2) is 0 Å². The number of hydrogen-bond donors (Lipinski definition) is 0. The van der Waals surface area contributed by atoms with E-state index in [1.165, 1.54) is 37.7 Å². The molecule has 1 aliphatic heterocycles. The summed E-state index contributed by atoms with van der Waals surface area (Å²) in [4.78, 5) is 0. The molecule has 1 heterocycles. The van der Waals surface area contributed by atoms with Crippen LogP contribution >= 0.6 is 11.6 Å². The molecule has 1 atom stereocenters. The average molecular weight is 295 g/mol. The normalized spacial score (nSPS) is 22.9. The quantitative estimate of drug-likeness (QED) is 0.707. The predicted octanol–water partition coefficient (Wildman–Crippen LogP) is 5.10. The molecule has 0 aromatic heterocycles. The van der Waals surface area contributed by atoms with Crippen molar-refractivity contribution >= 4 is 11.6 Å². The van der Waals surface area contributed by atoms with E-state index >= 15 is 0 Å². The Kier molecular flexibility index (Phi) is 4.11. The molecular weight excluding hydrogens is 272 g/mol. The zero-order valence-electron chi connectivity index (χ0n) is 12.2. The number of alkyl halides is 1. The number of hydrogen-bond acceptors (Lipinski definition) is 2. The molecule has 20 heavy (non-hydrogen) atoms. The van der Waals surface area contributed by atoms with Gasteiger partial charge in [-0.1, -0.05) is 32.3 Å². The summed E-state index contributed by atoms with van der Waals surface area (Å²) in [6.07, 6.45) is 7.31. The molecule has 0 bridgehead atoms. The molecule has 1 unspecified atom stereocenters. The second-order valence-electron chi connectivity index (χ2n) is 6.33. The van der Waals surface area contributed by atoms with Crippen molar-refractivity contribution in [2.75, 3.05) is 13.2 Å². The Balaban J connectivity index is 1.84. The second kappa shape index (κ2) is 5.85. The van der Waals surface area contributed by atoms with E-state index in [0.717, 1.165) is 31.1 Å². The number of fused-ring (bicyclic) bond motifs is 1. The van der Waals surface area contributed by atoms with Gasteiger partial charge in [0.25, 0.3) is 0 Å². The standard InChI is InChI=1S/C17H23ClO2/c1-17(8-3-2-4-9-17)16(18)13-6-7-14-15(12-13)20-11-5-10-19-14/h6-7,12,16H,2-5,8-11H2,1H3. The van der Waals surface area contributed by atoms with Crippen LogP contribution in [0.4, 0.5) is 0 Å². The maximum Gasteiger partial charge on any atom is 0.161 e. The highest BCUT2D eigenvalue weighted by Crippen LogP contribution is 2.50. The van der Waals surface area contributed by atoms with Gasteiger partial charge in [0.1, 0.15) is 0 Å². The Morgan fingerprint density at radius 3 is 2.45 bits per heavy atom. The largest absolute Gasteiger partial charge is 0.490 e. The minimum atomic E-state index is 0.0555.